The lowest BCUT2D eigenvalue weighted by atomic mass is 10.2. The van der Waals surface area contributed by atoms with Crippen LogP contribution in [0.25, 0.3) is 11.0 Å². The Morgan fingerprint density at radius 2 is 2.44 bits per heavy atom. The molecular formula is C12H13ClN2O. The molecule has 1 fully saturated rings. The van der Waals surface area contributed by atoms with Gasteiger partial charge in [0.2, 0.25) is 0 Å². The van der Waals surface area contributed by atoms with Crippen molar-refractivity contribution in [2.24, 2.45) is 0 Å². The number of rotatable bonds is 2. The van der Waals surface area contributed by atoms with E-state index in [9.17, 15) is 0 Å². The second-order valence-corrected chi connectivity index (χ2v) is 4.60. The molecule has 2 heterocycles. The molecule has 84 valence electrons. The smallest absolute Gasteiger partial charge is 0.0959 e. The van der Waals surface area contributed by atoms with Gasteiger partial charge in [0.05, 0.1) is 30.0 Å². The van der Waals surface area contributed by atoms with E-state index in [0.717, 1.165) is 42.0 Å². The predicted molar refractivity (Wildman–Crippen MR) is 63.7 cm³/mol. The van der Waals surface area contributed by atoms with Crippen LogP contribution in [0.4, 0.5) is 0 Å². The first kappa shape index (κ1) is 10.1. The van der Waals surface area contributed by atoms with Crippen molar-refractivity contribution in [1.29, 1.82) is 0 Å². The topological polar surface area (TPSA) is 27.1 Å². The highest BCUT2D eigenvalue weighted by Gasteiger charge is 2.16. The number of hydrogen-bond donors (Lipinski definition) is 0. The molecule has 0 saturated carbocycles. The molecule has 1 aliphatic rings. The highest BCUT2D eigenvalue weighted by molar-refractivity contribution is 6.31. The molecule has 16 heavy (non-hydrogen) atoms. The summed E-state index contributed by atoms with van der Waals surface area (Å²) in [4.78, 5) is 4.35. The van der Waals surface area contributed by atoms with Crippen LogP contribution in [0, 0.1) is 0 Å². The van der Waals surface area contributed by atoms with Crippen molar-refractivity contribution in [2.75, 3.05) is 6.61 Å². The number of benzene rings is 1. The van der Waals surface area contributed by atoms with Gasteiger partial charge in [-0.05, 0) is 31.0 Å². The molecular weight excluding hydrogens is 224 g/mol. The van der Waals surface area contributed by atoms with Crippen LogP contribution >= 0.6 is 11.6 Å². The Morgan fingerprint density at radius 1 is 1.50 bits per heavy atom. The molecule has 1 aromatic carbocycles. The summed E-state index contributed by atoms with van der Waals surface area (Å²) < 4.78 is 7.75. The quantitative estimate of drug-likeness (QED) is 0.802. The normalized spacial score (nSPS) is 20.7. The maximum atomic E-state index is 5.99. The molecule has 0 spiro atoms. The number of ether oxygens (including phenoxy) is 1. The van der Waals surface area contributed by atoms with E-state index < -0.39 is 0 Å². The van der Waals surface area contributed by atoms with Crippen molar-refractivity contribution in [3.63, 3.8) is 0 Å². The van der Waals surface area contributed by atoms with Crippen LogP contribution in [-0.2, 0) is 11.3 Å². The van der Waals surface area contributed by atoms with Crippen LogP contribution in [0.5, 0.6) is 0 Å². The van der Waals surface area contributed by atoms with Gasteiger partial charge in [0.1, 0.15) is 0 Å². The zero-order valence-electron chi connectivity index (χ0n) is 8.90. The molecule has 0 N–H and O–H groups in total. The van der Waals surface area contributed by atoms with Crippen molar-refractivity contribution >= 4 is 22.6 Å². The fourth-order valence-electron chi connectivity index (χ4n) is 2.18. The number of halogens is 1. The largest absolute Gasteiger partial charge is 0.376 e. The number of fused-ring (bicyclic) bond motifs is 1. The molecule has 1 aromatic heterocycles. The number of aromatic nitrogens is 2. The van der Waals surface area contributed by atoms with Gasteiger partial charge in [-0.2, -0.15) is 0 Å². The summed E-state index contributed by atoms with van der Waals surface area (Å²) >= 11 is 5.99. The van der Waals surface area contributed by atoms with Crippen molar-refractivity contribution < 1.29 is 4.74 Å². The third-order valence-electron chi connectivity index (χ3n) is 3.01. The van der Waals surface area contributed by atoms with E-state index in [1.165, 1.54) is 0 Å². The molecule has 0 amide bonds. The minimum Gasteiger partial charge on any atom is -0.376 e. The summed E-state index contributed by atoms with van der Waals surface area (Å²) in [5, 5.41) is 0.751. The van der Waals surface area contributed by atoms with Gasteiger partial charge in [-0.25, -0.2) is 4.98 Å². The average Bonchev–Trinajstić information content (AvgIpc) is 2.90. The van der Waals surface area contributed by atoms with Gasteiger partial charge in [0.15, 0.2) is 0 Å². The van der Waals surface area contributed by atoms with E-state index in [1.807, 2.05) is 24.5 Å². The minimum atomic E-state index is 0.330. The van der Waals surface area contributed by atoms with Gasteiger partial charge in [-0.15, -0.1) is 0 Å². The monoisotopic (exact) mass is 236 g/mol. The second kappa shape index (κ2) is 4.07. The van der Waals surface area contributed by atoms with Gasteiger partial charge in [0, 0.05) is 11.6 Å². The van der Waals surface area contributed by atoms with Crippen molar-refractivity contribution in [1.82, 2.24) is 9.55 Å². The average molecular weight is 237 g/mol. The lowest BCUT2D eigenvalue weighted by molar-refractivity contribution is 0.0979. The first-order chi connectivity index (χ1) is 7.83. The fourth-order valence-corrected chi connectivity index (χ4v) is 2.35. The molecule has 0 aliphatic carbocycles. The second-order valence-electron chi connectivity index (χ2n) is 4.16. The predicted octanol–water partition coefficient (Wildman–Crippen LogP) is 2.87. The Labute approximate surface area is 99.0 Å². The van der Waals surface area contributed by atoms with Crippen LogP contribution in [0.1, 0.15) is 12.8 Å². The van der Waals surface area contributed by atoms with E-state index in [2.05, 4.69) is 9.55 Å². The SMILES string of the molecule is Clc1ccc2ncn(CC3CCCO3)c2c1. The molecule has 1 aliphatic heterocycles. The summed E-state index contributed by atoms with van der Waals surface area (Å²) in [6.07, 6.45) is 4.50. The number of nitrogens with zero attached hydrogens (tertiary/aromatic N) is 2. The van der Waals surface area contributed by atoms with Crippen LogP contribution in [0.2, 0.25) is 5.02 Å². The maximum absolute atomic E-state index is 5.99. The van der Waals surface area contributed by atoms with Crippen molar-refractivity contribution in [3.05, 3.63) is 29.5 Å². The Morgan fingerprint density at radius 3 is 3.25 bits per heavy atom. The highest BCUT2D eigenvalue weighted by atomic mass is 35.5. The van der Waals surface area contributed by atoms with Crippen molar-refractivity contribution in [3.8, 4) is 0 Å². The van der Waals surface area contributed by atoms with Gasteiger partial charge < -0.3 is 9.30 Å². The zero-order chi connectivity index (χ0) is 11.0. The summed E-state index contributed by atoms with van der Waals surface area (Å²) in [6, 6.07) is 5.77. The molecule has 0 bridgehead atoms. The summed E-state index contributed by atoms with van der Waals surface area (Å²) in [7, 11) is 0. The van der Waals surface area contributed by atoms with E-state index in [1.54, 1.807) is 0 Å². The van der Waals surface area contributed by atoms with Gasteiger partial charge in [-0.3, -0.25) is 0 Å². The number of hydrogen-bond acceptors (Lipinski definition) is 2. The van der Waals surface area contributed by atoms with Gasteiger partial charge >= 0.3 is 0 Å². The maximum Gasteiger partial charge on any atom is 0.0959 e. The van der Waals surface area contributed by atoms with Crippen LogP contribution < -0.4 is 0 Å². The van der Waals surface area contributed by atoms with Gasteiger partial charge in [-0.1, -0.05) is 11.6 Å². The minimum absolute atomic E-state index is 0.330. The number of imidazole rings is 1. The molecule has 1 unspecified atom stereocenters. The molecule has 4 heteroatoms. The Balaban J connectivity index is 1.93. The highest BCUT2D eigenvalue weighted by Crippen LogP contribution is 2.21. The molecule has 1 saturated heterocycles. The lowest BCUT2D eigenvalue weighted by Gasteiger charge is -2.10. The molecule has 2 aromatic rings. The third-order valence-corrected chi connectivity index (χ3v) is 3.24. The van der Waals surface area contributed by atoms with E-state index >= 15 is 0 Å². The van der Waals surface area contributed by atoms with Crippen molar-refractivity contribution in [2.45, 2.75) is 25.5 Å². The molecule has 3 nitrogen and oxygen atoms in total. The zero-order valence-corrected chi connectivity index (χ0v) is 9.65. The van der Waals surface area contributed by atoms with Crippen LogP contribution in [0.3, 0.4) is 0 Å². The molecule has 0 radical (unpaired) electrons. The van der Waals surface area contributed by atoms with E-state index in [4.69, 9.17) is 16.3 Å². The van der Waals surface area contributed by atoms with Crippen LogP contribution in [0.15, 0.2) is 24.5 Å². The van der Waals surface area contributed by atoms with Crippen LogP contribution in [-0.4, -0.2) is 22.3 Å². The third kappa shape index (κ3) is 1.81. The fraction of sp³-hybridized carbons (Fsp3) is 0.417. The molecule has 1 atom stereocenters. The van der Waals surface area contributed by atoms with E-state index in [0.29, 0.717) is 6.10 Å². The standard InChI is InChI=1S/C12H13ClN2O/c13-9-3-4-11-12(6-9)15(8-14-11)7-10-2-1-5-16-10/h3-4,6,8,10H,1-2,5,7H2. The van der Waals surface area contributed by atoms with E-state index in [-0.39, 0.29) is 0 Å². The summed E-state index contributed by atoms with van der Waals surface area (Å²) in [5.41, 5.74) is 2.07. The molecule has 3 rings (SSSR count). The first-order valence-electron chi connectivity index (χ1n) is 5.55. The Hall–Kier alpha value is -1.06. The summed E-state index contributed by atoms with van der Waals surface area (Å²) in [5.74, 6) is 0. The van der Waals surface area contributed by atoms with Gasteiger partial charge in [0.25, 0.3) is 0 Å². The summed E-state index contributed by atoms with van der Waals surface area (Å²) in [6.45, 7) is 1.76. The first-order valence-corrected chi connectivity index (χ1v) is 5.93. The lowest BCUT2D eigenvalue weighted by Crippen LogP contribution is -2.13. The Kier molecular flexibility index (Phi) is 2.58. The Bertz CT molecular complexity index is 503.